The van der Waals surface area contributed by atoms with Crippen LogP contribution in [-0.2, 0) is 4.74 Å². The number of aryl methyl sites for hydroxylation is 1. The van der Waals surface area contributed by atoms with E-state index in [1.54, 1.807) is 10.8 Å². The number of nitrogens with one attached hydrogen (secondary N) is 3. The first-order valence-electron chi connectivity index (χ1n) is 10.8. The van der Waals surface area contributed by atoms with E-state index in [-0.39, 0.29) is 17.3 Å². The van der Waals surface area contributed by atoms with Gasteiger partial charge in [0.1, 0.15) is 0 Å². The van der Waals surface area contributed by atoms with Gasteiger partial charge in [-0.05, 0) is 31.9 Å². The molecule has 0 atom stereocenters. The van der Waals surface area contributed by atoms with Gasteiger partial charge >= 0.3 is 11.7 Å². The molecule has 2 amide bonds. The second-order valence-corrected chi connectivity index (χ2v) is 8.28. The smallest absolute Gasteiger partial charge is 0.330 e. The molecule has 1 saturated carbocycles. The topological polar surface area (TPSA) is 91.4 Å². The Bertz CT molecular complexity index is 923. The van der Waals surface area contributed by atoms with Crippen molar-refractivity contribution in [2.24, 2.45) is 0 Å². The van der Waals surface area contributed by atoms with Crippen LogP contribution in [0.1, 0.15) is 37.8 Å². The summed E-state index contributed by atoms with van der Waals surface area (Å²) in [6.45, 7) is 5.82. The molecule has 0 radical (unpaired) electrons. The fraction of sp³-hybridized carbons (Fsp3) is 0.545. The molecule has 1 aromatic heterocycles. The molecule has 4 rings (SSSR count). The van der Waals surface area contributed by atoms with Crippen molar-refractivity contribution in [1.29, 1.82) is 0 Å². The van der Waals surface area contributed by atoms with Gasteiger partial charge in [-0.2, -0.15) is 0 Å². The fourth-order valence-electron chi connectivity index (χ4n) is 4.79. The highest BCUT2D eigenvalue weighted by atomic mass is 16.5. The van der Waals surface area contributed by atoms with Crippen molar-refractivity contribution in [3.63, 3.8) is 0 Å². The molecule has 1 saturated heterocycles. The third-order valence-electron chi connectivity index (χ3n) is 6.40. The molecule has 8 heteroatoms. The van der Waals surface area contributed by atoms with E-state index >= 15 is 0 Å². The predicted octanol–water partition coefficient (Wildman–Crippen LogP) is 2.63. The van der Waals surface area contributed by atoms with Gasteiger partial charge in [0.05, 0.1) is 24.6 Å². The number of benzene rings is 1. The first-order valence-corrected chi connectivity index (χ1v) is 10.8. The number of carbonyl (C=O) groups excluding carboxylic acids is 1. The maximum atomic E-state index is 12.8. The molecule has 8 nitrogen and oxygen atoms in total. The van der Waals surface area contributed by atoms with E-state index in [2.05, 4.69) is 20.5 Å². The third kappa shape index (κ3) is 4.29. The van der Waals surface area contributed by atoms with Crippen LogP contribution in [0, 0.1) is 6.92 Å². The van der Waals surface area contributed by atoms with Crippen LogP contribution in [0.4, 0.5) is 10.5 Å². The number of nitrogens with zero attached hydrogens (tertiary/aromatic N) is 2. The van der Waals surface area contributed by atoms with Crippen LogP contribution in [-0.4, -0.2) is 58.9 Å². The summed E-state index contributed by atoms with van der Waals surface area (Å²) in [5, 5.41) is 6.06. The minimum absolute atomic E-state index is 0.00700. The molecule has 162 valence electrons. The van der Waals surface area contributed by atoms with Gasteiger partial charge in [0.2, 0.25) is 0 Å². The molecule has 2 fully saturated rings. The first-order chi connectivity index (χ1) is 14.6. The zero-order chi connectivity index (χ0) is 21.0. The quantitative estimate of drug-likeness (QED) is 0.703. The molecule has 1 aliphatic heterocycles. The van der Waals surface area contributed by atoms with Crippen molar-refractivity contribution < 1.29 is 9.53 Å². The number of morpholine rings is 1. The Labute approximate surface area is 176 Å². The van der Waals surface area contributed by atoms with Gasteiger partial charge in [-0.15, -0.1) is 0 Å². The summed E-state index contributed by atoms with van der Waals surface area (Å²) < 4.78 is 7.10. The molecule has 0 spiro atoms. The summed E-state index contributed by atoms with van der Waals surface area (Å²) in [6, 6.07) is 7.09. The summed E-state index contributed by atoms with van der Waals surface area (Å²) in [4.78, 5) is 30.2. The van der Waals surface area contributed by atoms with Crippen molar-refractivity contribution >= 4 is 11.7 Å². The van der Waals surface area contributed by atoms with Crippen molar-refractivity contribution in [2.45, 2.75) is 44.6 Å². The van der Waals surface area contributed by atoms with Crippen molar-refractivity contribution in [1.82, 2.24) is 19.8 Å². The van der Waals surface area contributed by atoms with Crippen LogP contribution < -0.4 is 16.3 Å². The molecule has 2 heterocycles. The molecule has 0 unspecified atom stereocenters. The lowest BCUT2D eigenvalue weighted by Crippen LogP contribution is -2.60. The van der Waals surface area contributed by atoms with Crippen LogP contribution in [0.15, 0.2) is 35.3 Å². The number of H-pyrrole nitrogens is 1. The van der Waals surface area contributed by atoms with E-state index in [1.165, 1.54) is 19.3 Å². The SMILES string of the molecule is Cc1c[nH]c(=O)n1-c1ccccc1NC(=O)NCC1(N2CCOCC2)CCCCC1. The number of hydrogen-bond acceptors (Lipinski definition) is 4. The number of ether oxygens (including phenoxy) is 1. The zero-order valence-corrected chi connectivity index (χ0v) is 17.6. The van der Waals surface area contributed by atoms with Gasteiger partial charge in [0, 0.05) is 37.1 Å². The number of urea groups is 1. The minimum atomic E-state index is -0.248. The molecule has 2 aliphatic rings. The third-order valence-corrected chi connectivity index (χ3v) is 6.40. The maximum Gasteiger partial charge on any atom is 0.330 e. The second kappa shape index (κ2) is 9.06. The van der Waals surface area contributed by atoms with Gasteiger partial charge < -0.3 is 20.4 Å². The normalized spacial score (nSPS) is 19.4. The highest BCUT2D eigenvalue weighted by molar-refractivity contribution is 5.91. The molecular weight excluding hydrogens is 382 g/mol. The van der Waals surface area contributed by atoms with Crippen LogP contribution in [0.25, 0.3) is 5.69 Å². The first kappa shape index (κ1) is 20.7. The molecule has 1 aromatic carbocycles. The number of rotatable bonds is 5. The molecule has 3 N–H and O–H groups in total. The Morgan fingerprint density at radius 1 is 1.17 bits per heavy atom. The van der Waals surface area contributed by atoms with Crippen molar-refractivity contribution in [3.8, 4) is 5.69 Å². The number of aromatic amines is 1. The van der Waals surface area contributed by atoms with E-state index < -0.39 is 0 Å². The lowest BCUT2D eigenvalue weighted by atomic mass is 9.80. The summed E-state index contributed by atoms with van der Waals surface area (Å²) in [6.07, 6.45) is 7.51. The Kier molecular flexibility index (Phi) is 6.24. The Morgan fingerprint density at radius 2 is 1.90 bits per heavy atom. The molecule has 0 bridgehead atoms. The van der Waals surface area contributed by atoms with E-state index in [0.29, 0.717) is 17.9 Å². The number of imidazole rings is 1. The number of amides is 2. The Hall–Kier alpha value is -2.58. The highest BCUT2D eigenvalue weighted by Crippen LogP contribution is 2.34. The van der Waals surface area contributed by atoms with Gasteiger partial charge in [-0.3, -0.25) is 9.47 Å². The molecule has 2 aromatic rings. The van der Waals surface area contributed by atoms with E-state index in [4.69, 9.17) is 4.74 Å². The highest BCUT2D eigenvalue weighted by Gasteiger charge is 2.38. The average molecular weight is 414 g/mol. The number of para-hydroxylation sites is 2. The monoisotopic (exact) mass is 413 g/mol. The van der Waals surface area contributed by atoms with Crippen LogP contribution >= 0.6 is 0 Å². The van der Waals surface area contributed by atoms with Gasteiger partial charge in [-0.1, -0.05) is 31.4 Å². The summed E-state index contributed by atoms with van der Waals surface area (Å²) in [5.41, 5.74) is 1.81. The van der Waals surface area contributed by atoms with Gasteiger partial charge in [0.15, 0.2) is 0 Å². The van der Waals surface area contributed by atoms with Gasteiger partial charge in [0.25, 0.3) is 0 Å². The summed E-state index contributed by atoms with van der Waals surface area (Å²) in [5.74, 6) is 0. The fourth-order valence-corrected chi connectivity index (χ4v) is 4.79. The predicted molar refractivity (Wildman–Crippen MR) is 116 cm³/mol. The average Bonchev–Trinajstić information content (AvgIpc) is 3.12. The van der Waals surface area contributed by atoms with Crippen LogP contribution in [0.2, 0.25) is 0 Å². The molecule has 1 aliphatic carbocycles. The van der Waals surface area contributed by atoms with E-state index in [1.807, 2.05) is 31.2 Å². The van der Waals surface area contributed by atoms with E-state index in [0.717, 1.165) is 44.8 Å². The Morgan fingerprint density at radius 3 is 2.60 bits per heavy atom. The maximum absolute atomic E-state index is 12.8. The lowest BCUT2D eigenvalue weighted by molar-refractivity contribution is -0.0356. The summed E-state index contributed by atoms with van der Waals surface area (Å²) >= 11 is 0. The van der Waals surface area contributed by atoms with Crippen LogP contribution in [0.3, 0.4) is 0 Å². The van der Waals surface area contributed by atoms with Gasteiger partial charge in [-0.25, -0.2) is 9.59 Å². The number of carbonyl (C=O) groups is 1. The van der Waals surface area contributed by atoms with Crippen molar-refractivity contribution in [2.75, 3.05) is 38.2 Å². The number of hydrogen-bond donors (Lipinski definition) is 3. The second-order valence-electron chi connectivity index (χ2n) is 8.28. The lowest BCUT2D eigenvalue weighted by Gasteiger charge is -2.48. The number of aromatic nitrogens is 2. The van der Waals surface area contributed by atoms with E-state index in [9.17, 15) is 9.59 Å². The van der Waals surface area contributed by atoms with Crippen molar-refractivity contribution in [3.05, 3.63) is 46.6 Å². The number of anilines is 1. The standard InChI is InChI=1S/C22H31N5O3/c1-17-15-23-21(29)27(17)19-8-4-3-7-18(19)25-20(28)24-16-22(9-5-2-6-10-22)26-11-13-30-14-12-26/h3-4,7-8,15H,2,5-6,9-14,16H2,1H3,(H,23,29)(H2,24,25,28). The van der Waals surface area contributed by atoms with Crippen LogP contribution in [0.5, 0.6) is 0 Å². The molecule has 30 heavy (non-hydrogen) atoms. The Balaban J connectivity index is 1.47. The largest absolute Gasteiger partial charge is 0.379 e. The minimum Gasteiger partial charge on any atom is -0.379 e. The summed E-state index contributed by atoms with van der Waals surface area (Å²) in [7, 11) is 0. The molecular formula is C22H31N5O3. The zero-order valence-electron chi connectivity index (χ0n) is 17.6.